The fourth-order valence-electron chi connectivity index (χ4n) is 1.30. The number of rotatable bonds is 5. The van der Waals surface area contributed by atoms with E-state index in [2.05, 4.69) is 0 Å². The molecular weight excluding hydrogens is 206 g/mol. The quantitative estimate of drug-likeness (QED) is 0.710. The summed E-state index contributed by atoms with van der Waals surface area (Å²) in [6.07, 6.45) is 1.26. The summed E-state index contributed by atoms with van der Waals surface area (Å²) >= 11 is 0. The molecule has 1 aromatic carbocycles. The molecule has 4 nitrogen and oxygen atoms in total. The van der Waals surface area contributed by atoms with Gasteiger partial charge in [-0.3, -0.25) is 4.79 Å². The minimum absolute atomic E-state index is 0.0720. The molecule has 1 rings (SSSR count). The highest BCUT2D eigenvalue weighted by molar-refractivity contribution is 5.93. The zero-order valence-corrected chi connectivity index (χ0v) is 9.47. The van der Waals surface area contributed by atoms with E-state index in [-0.39, 0.29) is 18.7 Å². The molecule has 0 bridgehead atoms. The third-order valence-corrected chi connectivity index (χ3v) is 2.31. The lowest BCUT2D eigenvalue weighted by atomic mass is 10.2. The highest BCUT2D eigenvalue weighted by Crippen LogP contribution is 2.18. The summed E-state index contributed by atoms with van der Waals surface area (Å²) in [6, 6.07) is 7.19. The van der Waals surface area contributed by atoms with Gasteiger partial charge in [0.2, 0.25) is 5.91 Å². The third kappa shape index (κ3) is 3.08. The summed E-state index contributed by atoms with van der Waals surface area (Å²) in [5.74, 6) is 0.676. The van der Waals surface area contributed by atoms with E-state index >= 15 is 0 Å². The number of carbonyl (C=O) groups is 2. The summed E-state index contributed by atoms with van der Waals surface area (Å²) in [6.45, 7) is 0. The summed E-state index contributed by atoms with van der Waals surface area (Å²) in [5.41, 5.74) is 0.789. The smallest absolute Gasteiger partial charge is 0.227 e. The van der Waals surface area contributed by atoms with Gasteiger partial charge in [-0.25, -0.2) is 0 Å². The molecule has 1 amide bonds. The molecule has 0 N–H and O–H groups in total. The molecule has 86 valence electrons. The fraction of sp³-hybridized carbons (Fsp3) is 0.333. The average molecular weight is 221 g/mol. The third-order valence-electron chi connectivity index (χ3n) is 2.31. The Morgan fingerprint density at radius 2 is 2.00 bits per heavy atom. The van der Waals surface area contributed by atoms with Crippen LogP contribution in [0.25, 0.3) is 0 Å². The molecule has 0 saturated carbocycles. The molecule has 0 fully saturated rings. The van der Waals surface area contributed by atoms with Gasteiger partial charge < -0.3 is 14.4 Å². The van der Waals surface area contributed by atoms with Gasteiger partial charge in [-0.2, -0.15) is 0 Å². The SMILES string of the molecule is COc1ccc(N(C)C(=O)CCC=O)cc1. The highest BCUT2D eigenvalue weighted by atomic mass is 16.5. The first-order valence-electron chi connectivity index (χ1n) is 5.03. The Balaban J connectivity index is 2.67. The molecule has 1 aromatic rings. The molecule has 0 radical (unpaired) electrons. The average Bonchev–Trinajstić information content (AvgIpc) is 2.35. The maximum absolute atomic E-state index is 11.6. The van der Waals surface area contributed by atoms with Crippen molar-refractivity contribution in [2.45, 2.75) is 12.8 Å². The minimum atomic E-state index is -0.0720. The highest BCUT2D eigenvalue weighted by Gasteiger charge is 2.09. The van der Waals surface area contributed by atoms with E-state index in [0.717, 1.165) is 17.7 Å². The van der Waals surface area contributed by atoms with Gasteiger partial charge in [0.05, 0.1) is 7.11 Å². The number of benzene rings is 1. The van der Waals surface area contributed by atoms with Gasteiger partial charge in [0.1, 0.15) is 12.0 Å². The molecule has 0 aliphatic carbocycles. The topological polar surface area (TPSA) is 46.6 Å². The fourth-order valence-corrected chi connectivity index (χ4v) is 1.30. The molecule has 0 aromatic heterocycles. The van der Waals surface area contributed by atoms with Crippen molar-refractivity contribution in [3.63, 3.8) is 0 Å². The lowest BCUT2D eigenvalue weighted by Crippen LogP contribution is -2.25. The Bertz CT molecular complexity index is 359. The van der Waals surface area contributed by atoms with Gasteiger partial charge >= 0.3 is 0 Å². The Kier molecular flexibility index (Phi) is 4.51. The Labute approximate surface area is 94.8 Å². The molecule has 0 atom stereocenters. The molecule has 4 heteroatoms. The van der Waals surface area contributed by atoms with E-state index in [1.54, 1.807) is 38.4 Å². The van der Waals surface area contributed by atoms with E-state index in [4.69, 9.17) is 4.74 Å². The van der Waals surface area contributed by atoms with Crippen LogP contribution in [0.5, 0.6) is 5.75 Å². The van der Waals surface area contributed by atoms with E-state index in [9.17, 15) is 9.59 Å². The van der Waals surface area contributed by atoms with Crippen LogP contribution < -0.4 is 9.64 Å². The molecule has 0 spiro atoms. The molecular formula is C12H15NO3. The Hall–Kier alpha value is -1.84. The number of amides is 1. The largest absolute Gasteiger partial charge is 0.497 e. The van der Waals surface area contributed by atoms with E-state index in [1.807, 2.05) is 0 Å². The summed E-state index contributed by atoms with van der Waals surface area (Å²) in [4.78, 5) is 23.3. The van der Waals surface area contributed by atoms with Crippen LogP contribution in [0.15, 0.2) is 24.3 Å². The van der Waals surface area contributed by atoms with Crippen molar-refractivity contribution in [1.29, 1.82) is 0 Å². The summed E-state index contributed by atoms with van der Waals surface area (Å²) < 4.78 is 5.02. The number of anilines is 1. The van der Waals surface area contributed by atoms with Crippen LogP contribution in [0, 0.1) is 0 Å². The first-order valence-corrected chi connectivity index (χ1v) is 5.03. The Morgan fingerprint density at radius 3 is 2.50 bits per heavy atom. The Morgan fingerprint density at radius 1 is 1.38 bits per heavy atom. The molecule has 16 heavy (non-hydrogen) atoms. The molecule has 0 unspecified atom stereocenters. The van der Waals surface area contributed by atoms with Crippen molar-refractivity contribution in [2.75, 3.05) is 19.1 Å². The lowest BCUT2D eigenvalue weighted by Gasteiger charge is -2.17. The summed E-state index contributed by atoms with van der Waals surface area (Å²) in [5, 5.41) is 0. The van der Waals surface area contributed by atoms with Gasteiger partial charge in [-0.15, -0.1) is 0 Å². The van der Waals surface area contributed by atoms with Crippen LogP contribution in [0.1, 0.15) is 12.8 Å². The number of methoxy groups -OCH3 is 1. The second-order valence-corrected chi connectivity index (χ2v) is 3.36. The number of carbonyl (C=O) groups excluding carboxylic acids is 2. The minimum Gasteiger partial charge on any atom is -0.497 e. The van der Waals surface area contributed by atoms with Crippen LogP contribution in [-0.4, -0.2) is 26.4 Å². The standard InChI is InChI=1S/C12H15NO3/c1-13(12(15)4-3-9-14)10-5-7-11(16-2)8-6-10/h5-9H,3-4H2,1-2H3. The van der Waals surface area contributed by atoms with Crippen molar-refractivity contribution >= 4 is 17.9 Å². The van der Waals surface area contributed by atoms with Crippen molar-refractivity contribution in [2.24, 2.45) is 0 Å². The maximum atomic E-state index is 11.6. The van der Waals surface area contributed by atoms with Gasteiger partial charge in [-0.1, -0.05) is 0 Å². The van der Waals surface area contributed by atoms with Crippen molar-refractivity contribution in [3.8, 4) is 5.75 Å². The van der Waals surface area contributed by atoms with Crippen LogP contribution in [0.2, 0.25) is 0 Å². The van der Waals surface area contributed by atoms with Gasteiger partial charge in [0.25, 0.3) is 0 Å². The number of nitrogens with zero attached hydrogens (tertiary/aromatic N) is 1. The van der Waals surface area contributed by atoms with Gasteiger partial charge in [0.15, 0.2) is 0 Å². The van der Waals surface area contributed by atoms with Gasteiger partial charge in [-0.05, 0) is 24.3 Å². The van der Waals surface area contributed by atoms with Crippen LogP contribution in [0.4, 0.5) is 5.69 Å². The van der Waals surface area contributed by atoms with Crippen molar-refractivity contribution in [3.05, 3.63) is 24.3 Å². The maximum Gasteiger partial charge on any atom is 0.227 e. The van der Waals surface area contributed by atoms with Crippen LogP contribution in [-0.2, 0) is 9.59 Å². The first-order chi connectivity index (χ1) is 7.69. The molecule has 0 aliphatic heterocycles. The molecule has 0 saturated heterocycles. The zero-order valence-electron chi connectivity index (χ0n) is 9.47. The molecule has 0 aliphatic rings. The molecule has 0 heterocycles. The van der Waals surface area contributed by atoms with Crippen molar-refractivity contribution in [1.82, 2.24) is 0 Å². The number of ether oxygens (including phenoxy) is 1. The van der Waals surface area contributed by atoms with Crippen LogP contribution in [0.3, 0.4) is 0 Å². The lowest BCUT2D eigenvalue weighted by molar-refractivity contribution is -0.120. The van der Waals surface area contributed by atoms with Crippen LogP contribution >= 0.6 is 0 Å². The number of aldehydes is 1. The van der Waals surface area contributed by atoms with E-state index in [1.165, 1.54) is 4.90 Å². The zero-order chi connectivity index (χ0) is 12.0. The van der Waals surface area contributed by atoms with E-state index < -0.39 is 0 Å². The van der Waals surface area contributed by atoms with E-state index in [0.29, 0.717) is 0 Å². The second kappa shape index (κ2) is 5.90. The predicted molar refractivity (Wildman–Crippen MR) is 61.7 cm³/mol. The monoisotopic (exact) mass is 221 g/mol. The van der Waals surface area contributed by atoms with Gasteiger partial charge in [0, 0.05) is 25.6 Å². The second-order valence-electron chi connectivity index (χ2n) is 3.36. The number of hydrogen-bond donors (Lipinski definition) is 0. The number of hydrogen-bond acceptors (Lipinski definition) is 3. The summed E-state index contributed by atoms with van der Waals surface area (Å²) in [7, 11) is 3.28. The first kappa shape index (κ1) is 12.2. The predicted octanol–water partition coefficient (Wildman–Crippen LogP) is 1.64. The normalized spacial score (nSPS) is 9.62. The van der Waals surface area contributed by atoms with Crippen molar-refractivity contribution < 1.29 is 14.3 Å².